The molecule has 2 aromatic carbocycles. The van der Waals surface area contributed by atoms with Gasteiger partial charge in [0.05, 0.1) is 22.6 Å². The molecule has 1 N–H and O–H groups in total. The van der Waals surface area contributed by atoms with Gasteiger partial charge in [0.2, 0.25) is 0 Å². The van der Waals surface area contributed by atoms with Gasteiger partial charge in [-0.25, -0.2) is 4.98 Å². The van der Waals surface area contributed by atoms with Gasteiger partial charge in [0, 0.05) is 7.05 Å². The molecule has 0 saturated carbocycles. The van der Waals surface area contributed by atoms with E-state index in [-0.39, 0.29) is 5.91 Å². The summed E-state index contributed by atoms with van der Waals surface area (Å²) >= 11 is 6.04. The van der Waals surface area contributed by atoms with Gasteiger partial charge in [-0.1, -0.05) is 35.9 Å². The fourth-order valence-electron chi connectivity index (χ4n) is 2.45. The number of rotatable bonds is 5. The zero-order valence-electron chi connectivity index (χ0n) is 13.5. The van der Waals surface area contributed by atoms with Crippen LogP contribution in [0.4, 0.5) is 0 Å². The lowest BCUT2D eigenvalue weighted by molar-refractivity contribution is -0.127. The molecule has 1 aromatic heterocycles. The van der Waals surface area contributed by atoms with E-state index in [1.807, 2.05) is 48.0 Å². The SMILES string of the molecule is CC(Oc1ccccc1Cl)C(=O)NCc1nc2ccccc2n1C. The van der Waals surface area contributed by atoms with Crippen LogP contribution in [0.3, 0.4) is 0 Å². The summed E-state index contributed by atoms with van der Waals surface area (Å²) in [5.41, 5.74) is 1.94. The summed E-state index contributed by atoms with van der Waals surface area (Å²) in [5, 5.41) is 3.33. The maximum absolute atomic E-state index is 12.2. The number of hydrogen-bond acceptors (Lipinski definition) is 3. The van der Waals surface area contributed by atoms with Crippen molar-refractivity contribution in [2.75, 3.05) is 0 Å². The smallest absolute Gasteiger partial charge is 0.261 e. The Morgan fingerprint density at radius 1 is 1.25 bits per heavy atom. The highest BCUT2D eigenvalue weighted by molar-refractivity contribution is 6.32. The van der Waals surface area contributed by atoms with Crippen LogP contribution in [0.25, 0.3) is 11.0 Å². The Balaban J connectivity index is 1.64. The fraction of sp³-hybridized carbons (Fsp3) is 0.222. The normalized spacial score (nSPS) is 12.1. The molecule has 0 spiro atoms. The predicted molar refractivity (Wildman–Crippen MR) is 94.1 cm³/mol. The first-order valence-corrected chi connectivity index (χ1v) is 8.03. The van der Waals surface area contributed by atoms with Crippen molar-refractivity contribution >= 4 is 28.5 Å². The van der Waals surface area contributed by atoms with Gasteiger partial charge in [0.1, 0.15) is 11.6 Å². The Morgan fingerprint density at radius 3 is 2.71 bits per heavy atom. The Bertz CT molecular complexity index is 876. The molecular weight excluding hydrogens is 326 g/mol. The van der Waals surface area contributed by atoms with Crippen LogP contribution < -0.4 is 10.1 Å². The Kier molecular flexibility index (Phi) is 4.71. The van der Waals surface area contributed by atoms with E-state index in [4.69, 9.17) is 16.3 Å². The van der Waals surface area contributed by atoms with Crippen LogP contribution in [0.15, 0.2) is 48.5 Å². The van der Waals surface area contributed by atoms with Crippen LogP contribution in [0.5, 0.6) is 5.75 Å². The Morgan fingerprint density at radius 2 is 1.96 bits per heavy atom. The number of carbonyl (C=O) groups is 1. The highest BCUT2D eigenvalue weighted by Gasteiger charge is 2.17. The van der Waals surface area contributed by atoms with Crippen molar-refractivity contribution in [2.24, 2.45) is 7.05 Å². The number of hydrogen-bond donors (Lipinski definition) is 1. The number of nitrogens with one attached hydrogen (secondary N) is 1. The summed E-state index contributed by atoms with van der Waals surface area (Å²) in [6.07, 6.45) is -0.653. The molecule has 0 aliphatic carbocycles. The number of ether oxygens (including phenoxy) is 1. The van der Waals surface area contributed by atoms with Crippen LogP contribution in [0.1, 0.15) is 12.7 Å². The Hall–Kier alpha value is -2.53. The maximum atomic E-state index is 12.2. The molecule has 1 heterocycles. The van der Waals surface area contributed by atoms with E-state index in [0.29, 0.717) is 17.3 Å². The second-order valence-corrected chi connectivity index (χ2v) is 5.89. The molecule has 0 aliphatic heterocycles. The van der Waals surface area contributed by atoms with Crippen LogP contribution in [0.2, 0.25) is 5.02 Å². The maximum Gasteiger partial charge on any atom is 0.261 e. The number of amides is 1. The van der Waals surface area contributed by atoms with E-state index in [9.17, 15) is 4.79 Å². The van der Waals surface area contributed by atoms with Crippen molar-refractivity contribution in [3.8, 4) is 5.75 Å². The lowest BCUT2D eigenvalue weighted by atomic mass is 10.3. The lowest BCUT2D eigenvalue weighted by Gasteiger charge is -2.15. The molecule has 0 fully saturated rings. The molecule has 1 amide bonds. The number of benzene rings is 2. The van der Waals surface area contributed by atoms with Gasteiger partial charge in [-0.15, -0.1) is 0 Å². The summed E-state index contributed by atoms with van der Waals surface area (Å²) in [6, 6.07) is 14.9. The minimum atomic E-state index is -0.653. The molecule has 0 radical (unpaired) electrons. The molecule has 24 heavy (non-hydrogen) atoms. The molecule has 5 nitrogen and oxygen atoms in total. The molecule has 1 atom stereocenters. The minimum absolute atomic E-state index is 0.220. The average Bonchev–Trinajstić information content (AvgIpc) is 2.91. The van der Waals surface area contributed by atoms with Gasteiger partial charge in [0.25, 0.3) is 5.91 Å². The number of nitrogens with zero attached hydrogens (tertiary/aromatic N) is 2. The topological polar surface area (TPSA) is 56.1 Å². The van der Waals surface area contributed by atoms with E-state index < -0.39 is 6.10 Å². The van der Waals surface area contributed by atoms with E-state index >= 15 is 0 Å². The second-order valence-electron chi connectivity index (χ2n) is 5.48. The average molecular weight is 344 g/mol. The van der Waals surface area contributed by atoms with Gasteiger partial charge in [-0.05, 0) is 31.2 Å². The number of aryl methyl sites for hydroxylation is 1. The third-order valence-electron chi connectivity index (χ3n) is 3.81. The van der Waals surface area contributed by atoms with Gasteiger partial charge in [0.15, 0.2) is 6.10 Å². The molecular formula is C18H18ClN3O2. The number of aromatic nitrogens is 2. The molecule has 6 heteroatoms. The van der Waals surface area contributed by atoms with Gasteiger partial charge in [-0.2, -0.15) is 0 Å². The first-order valence-electron chi connectivity index (χ1n) is 7.65. The van der Waals surface area contributed by atoms with Crippen LogP contribution in [-0.2, 0) is 18.4 Å². The first-order chi connectivity index (χ1) is 11.6. The molecule has 124 valence electrons. The van der Waals surface area contributed by atoms with Crippen molar-refractivity contribution in [1.29, 1.82) is 0 Å². The third kappa shape index (κ3) is 3.36. The number of imidazole rings is 1. The first kappa shape index (κ1) is 16.3. The van der Waals surface area contributed by atoms with Gasteiger partial charge >= 0.3 is 0 Å². The molecule has 3 aromatic rings. The van der Waals surface area contributed by atoms with E-state index in [1.165, 1.54) is 0 Å². The highest BCUT2D eigenvalue weighted by Crippen LogP contribution is 2.24. The number of halogens is 1. The predicted octanol–water partition coefficient (Wildman–Crippen LogP) is 3.31. The summed E-state index contributed by atoms with van der Waals surface area (Å²) < 4.78 is 7.58. The highest BCUT2D eigenvalue weighted by atomic mass is 35.5. The van der Waals surface area contributed by atoms with E-state index in [1.54, 1.807) is 19.1 Å². The van der Waals surface area contributed by atoms with Crippen LogP contribution in [0, 0.1) is 0 Å². The third-order valence-corrected chi connectivity index (χ3v) is 4.12. The van der Waals surface area contributed by atoms with Crippen molar-refractivity contribution < 1.29 is 9.53 Å². The quantitative estimate of drug-likeness (QED) is 0.773. The largest absolute Gasteiger partial charge is 0.479 e. The second kappa shape index (κ2) is 6.93. The van der Waals surface area contributed by atoms with Gasteiger partial charge in [-0.3, -0.25) is 4.79 Å². The van der Waals surface area contributed by atoms with Crippen molar-refractivity contribution in [3.05, 3.63) is 59.4 Å². The van der Waals surface area contributed by atoms with Crippen molar-refractivity contribution in [1.82, 2.24) is 14.9 Å². The zero-order chi connectivity index (χ0) is 17.1. The molecule has 0 saturated heterocycles. The summed E-state index contributed by atoms with van der Waals surface area (Å²) in [7, 11) is 1.93. The van der Waals surface area contributed by atoms with Crippen LogP contribution in [-0.4, -0.2) is 21.6 Å². The van der Waals surface area contributed by atoms with Crippen LogP contribution >= 0.6 is 11.6 Å². The number of para-hydroxylation sites is 3. The Labute approximate surface area is 145 Å². The number of fused-ring (bicyclic) bond motifs is 1. The monoisotopic (exact) mass is 343 g/mol. The minimum Gasteiger partial charge on any atom is -0.479 e. The molecule has 0 aliphatic rings. The van der Waals surface area contributed by atoms with Crippen molar-refractivity contribution in [3.63, 3.8) is 0 Å². The molecule has 0 bridgehead atoms. The zero-order valence-corrected chi connectivity index (χ0v) is 14.2. The summed E-state index contributed by atoms with van der Waals surface area (Å²) in [6.45, 7) is 2.02. The number of carbonyl (C=O) groups excluding carboxylic acids is 1. The van der Waals surface area contributed by atoms with Gasteiger partial charge < -0.3 is 14.6 Å². The van der Waals surface area contributed by atoms with E-state index in [2.05, 4.69) is 10.3 Å². The fourth-order valence-corrected chi connectivity index (χ4v) is 2.63. The summed E-state index contributed by atoms with van der Waals surface area (Å²) in [4.78, 5) is 16.8. The molecule has 3 rings (SSSR count). The molecule has 1 unspecified atom stereocenters. The lowest BCUT2D eigenvalue weighted by Crippen LogP contribution is -2.36. The van der Waals surface area contributed by atoms with E-state index in [0.717, 1.165) is 16.9 Å². The standard InChI is InChI=1S/C18H18ClN3O2/c1-12(24-16-10-6-3-7-13(16)19)18(23)20-11-17-21-14-8-4-5-9-15(14)22(17)2/h3-10,12H,11H2,1-2H3,(H,20,23). The van der Waals surface area contributed by atoms with Crippen molar-refractivity contribution in [2.45, 2.75) is 19.6 Å². The summed E-state index contributed by atoms with van der Waals surface area (Å²) in [5.74, 6) is 1.06.